The van der Waals surface area contributed by atoms with Crippen LogP contribution in [-0.2, 0) is 4.79 Å². The van der Waals surface area contributed by atoms with Crippen molar-refractivity contribution in [2.75, 3.05) is 16.4 Å². The summed E-state index contributed by atoms with van der Waals surface area (Å²) in [6.07, 6.45) is 0. The van der Waals surface area contributed by atoms with Gasteiger partial charge in [-0.2, -0.15) is 5.10 Å². The molecule has 8 nitrogen and oxygen atoms in total. The largest absolute Gasteiger partial charge is 0.457 e. The number of ether oxygens (including phenoxy) is 1. The molecule has 0 saturated heterocycles. The second kappa shape index (κ2) is 10.9. The van der Waals surface area contributed by atoms with E-state index in [1.54, 1.807) is 47.1 Å². The van der Waals surface area contributed by atoms with Gasteiger partial charge in [0.1, 0.15) is 17.2 Å². The van der Waals surface area contributed by atoms with Crippen molar-refractivity contribution < 1.29 is 14.3 Å². The van der Waals surface area contributed by atoms with Crippen molar-refractivity contribution in [3.8, 4) is 28.4 Å². The average Bonchev–Trinajstić information content (AvgIpc) is 3.27. The highest BCUT2D eigenvalue weighted by Crippen LogP contribution is 2.31. The molecular formula is C31H27N5O3. The summed E-state index contributed by atoms with van der Waals surface area (Å²) in [5.74, 6) is 0.542. The van der Waals surface area contributed by atoms with E-state index in [1.165, 1.54) is 6.92 Å². The second-order valence-electron chi connectivity index (χ2n) is 8.97. The lowest BCUT2D eigenvalue weighted by Crippen LogP contribution is -2.14. The normalized spacial score (nSPS) is 10.6. The van der Waals surface area contributed by atoms with Gasteiger partial charge in [-0.15, -0.1) is 0 Å². The van der Waals surface area contributed by atoms with Crippen molar-refractivity contribution in [2.45, 2.75) is 13.8 Å². The summed E-state index contributed by atoms with van der Waals surface area (Å²) in [6, 6.07) is 31.3. The Morgan fingerprint density at radius 2 is 1.46 bits per heavy atom. The second-order valence-corrected chi connectivity index (χ2v) is 8.97. The van der Waals surface area contributed by atoms with E-state index < -0.39 is 0 Å². The minimum atomic E-state index is -0.315. The number of para-hydroxylation sites is 1. The monoisotopic (exact) mass is 517 g/mol. The zero-order chi connectivity index (χ0) is 27.4. The third-order valence-corrected chi connectivity index (χ3v) is 5.99. The molecule has 0 radical (unpaired) electrons. The Labute approximate surface area is 226 Å². The van der Waals surface area contributed by atoms with Gasteiger partial charge in [0.15, 0.2) is 0 Å². The summed E-state index contributed by atoms with van der Waals surface area (Å²) < 4.78 is 7.74. The summed E-state index contributed by atoms with van der Waals surface area (Å²) >= 11 is 0. The van der Waals surface area contributed by atoms with E-state index in [9.17, 15) is 9.59 Å². The summed E-state index contributed by atoms with van der Waals surface area (Å²) in [6.45, 7) is 3.32. The maximum absolute atomic E-state index is 13.7. The first-order chi connectivity index (χ1) is 18.9. The van der Waals surface area contributed by atoms with E-state index >= 15 is 0 Å². The quantitative estimate of drug-likeness (QED) is 0.215. The van der Waals surface area contributed by atoms with E-state index in [-0.39, 0.29) is 11.8 Å². The van der Waals surface area contributed by atoms with Crippen LogP contribution in [0.5, 0.6) is 11.5 Å². The van der Waals surface area contributed by atoms with Crippen molar-refractivity contribution in [1.82, 2.24) is 9.78 Å². The zero-order valence-electron chi connectivity index (χ0n) is 21.5. The number of hydrogen-bond donors (Lipinski definition) is 3. The molecule has 5 rings (SSSR count). The standard InChI is InChI=1S/C31H27N5O3/c1-20-29(30(22-9-5-3-6-10-22)35-36(20)26-11-7-4-8-12-26)31(38)34-25-17-23(32)18-28(19-25)39-27-15-13-24(14-16-27)33-21(2)37/h3-19H,32H2,1-2H3,(H,33,37)(H,34,38). The van der Waals surface area contributed by atoms with Crippen molar-refractivity contribution in [1.29, 1.82) is 0 Å². The number of benzene rings is 4. The number of carbonyl (C=O) groups excluding carboxylic acids is 2. The maximum atomic E-state index is 13.7. The van der Waals surface area contributed by atoms with Crippen LogP contribution in [0, 0.1) is 6.92 Å². The van der Waals surface area contributed by atoms with E-state index in [1.807, 2.05) is 67.6 Å². The van der Waals surface area contributed by atoms with E-state index in [0.29, 0.717) is 45.5 Å². The predicted molar refractivity (Wildman–Crippen MR) is 153 cm³/mol. The molecular weight excluding hydrogens is 490 g/mol. The molecule has 4 N–H and O–H groups in total. The predicted octanol–water partition coefficient (Wildman–Crippen LogP) is 6.43. The minimum Gasteiger partial charge on any atom is -0.457 e. The Morgan fingerprint density at radius 1 is 0.795 bits per heavy atom. The van der Waals surface area contributed by atoms with Crippen molar-refractivity contribution in [3.63, 3.8) is 0 Å². The fourth-order valence-corrected chi connectivity index (χ4v) is 4.29. The lowest BCUT2D eigenvalue weighted by Gasteiger charge is -2.12. The highest BCUT2D eigenvalue weighted by molar-refractivity contribution is 6.09. The van der Waals surface area contributed by atoms with Gasteiger partial charge in [0.2, 0.25) is 5.91 Å². The average molecular weight is 518 g/mol. The molecule has 0 fully saturated rings. The number of nitrogens with zero attached hydrogens (tertiary/aromatic N) is 2. The van der Waals surface area contributed by atoms with Gasteiger partial charge in [-0.3, -0.25) is 9.59 Å². The van der Waals surface area contributed by atoms with Crippen LogP contribution in [-0.4, -0.2) is 21.6 Å². The molecule has 0 bridgehead atoms. The first-order valence-corrected chi connectivity index (χ1v) is 12.4. The van der Waals surface area contributed by atoms with Crippen molar-refractivity contribution in [2.24, 2.45) is 0 Å². The molecule has 0 saturated carbocycles. The number of carbonyl (C=O) groups is 2. The topological polar surface area (TPSA) is 111 Å². The van der Waals surface area contributed by atoms with Crippen molar-refractivity contribution >= 4 is 28.9 Å². The summed E-state index contributed by atoms with van der Waals surface area (Å²) in [7, 11) is 0. The third-order valence-electron chi connectivity index (χ3n) is 5.99. The molecule has 1 aromatic heterocycles. The Balaban J connectivity index is 1.44. The smallest absolute Gasteiger partial charge is 0.259 e. The lowest BCUT2D eigenvalue weighted by molar-refractivity contribution is -0.114. The van der Waals surface area contributed by atoms with Gasteiger partial charge in [0.05, 0.1) is 16.9 Å². The Hall–Kier alpha value is -5.37. The zero-order valence-corrected chi connectivity index (χ0v) is 21.5. The number of amides is 2. The molecule has 4 aromatic carbocycles. The van der Waals surface area contributed by atoms with Crippen LogP contribution in [0.1, 0.15) is 23.0 Å². The highest BCUT2D eigenvalue weighted by Gasteiger charge is 2.23. The molecule has 1 heterocycles. The van der Waals surface area contributed by atoms with Gasteiger partial charge in [0.25, 0.3) is 5.91 Å². The van der Waals surface area contributed by atoms with E-state index in [2.05, 4.69) is 10.6 Å². The van der Waals surface area contributed by atoms with Crippen LogP contribution in [0.2, 0.25) is 0 Å². The molecule has 39 heavy (non-hydrogen) atoms. The molecule has 0 aliphatic rings. The van der Waals surface area contributed by atoms with Crippen LogP contribution in [0.4, 0.5) is 17.1 Å². The van der Waals surface area contributed by atoms with Gasteiger partial charge >= 0.3 is 0 Å². The van der Waals surface area contributed by atoms with E-state index in [0.717, 1.165) is 11.3 Å². The Morgan fingerprint density at radius 3 is 2.13 bits per heavy atom. The number of rotatable bonds is 7. The van der Waals surface area contributed by atoms with Crippen LogP contribution in [0.15, 0.2) is 103 Å². The molecule has 5 aromatic rings. The van der Waals surface area contributed by atoms with Gasteiger partial charge in [-0.1, -0.05) is 48.5 Å². The van der Waals surface area contributed by atoms with Crippen LogP contribution in [0.3, 0.4) is 0 Å². The van der Waals surface area contributed by atoms with Gasteiger partial charge < -0.3 is 21.1 Å². The third kappa shape index (κ3) is 5.80. The molecule has 2 amide bonds. The number of hydrogen-bond acceptors (Lipinski definition) is 5. The summed E-state index contributed by atoms with van der Waals surface area (Å²) in [5, 5.41) is 10.5. The fraction of sp³-hybridized carbons (Fsp3) is 0.0645. The van der Waals surface area contributed by atoms with Gasteiger partial charge in [-0.25, -0.2) is 4.68 Å². The number of nitrogens with two attached hydrogens (primary N) is 1. The molecule has 0 atom stereocenters. The first-order valence-electron chi connectivity index (χ1n) is 12.4. The fourth-order valence-electron chi connectivity index (χ4n) is 4.29. The minimum absolute atomic E-state index is 0.153. The number of nitrogens with one attached hydrogen (secondary N) is 2. The summed E-state index contributed by atoms with van der Waals surface area (Å²) in [5.41, 5.74) is 11.2. The molecule has 194 valence electrons. The molecule has 0 spiro atoms. The van der Waals surface area contributed by atoms with Crippen LogP contribution < -0.4 is 21.1 Å². The number of aromatic nitrogens is 2. The molecule has 0 aliphatic carbocycles. The van der Waals surface area contributed by atoms with Crippen molar-refractivity contribution in [3.05, 3.63) is 114 Å². The van der Waals surface area contributed by atoms with E-state index in [4.69, 9.17) is 15.6 Å². The number of nitrogen functional groups attached to an aromatic ring is 1. The Kier molecular flexibility index (Phi) is 7.09. The van der Waals surface area contributed by atoms with Crippen LogP contribution >= 0.6 is 0 Å². The number of anilines is 3. The SMILES string of the molecule is CC(=O)Nc1ccc(Oc2cc(N)cc(NC(=O)c3c(-c4ccccc4)nn(-c4ccccc4)c3C)c2)cc1. The van der Waals surface area contributed by atoms with Gasteiger partial charge in [-0.05, 0) is 49.4 Å². The van der Waals surface area contributed by atoms with Crippen LogP contribution in [0.25, 0.3) is 16.9 Å². The maximum Gasteiger partial charge on any atom is 0.259 e. The van der Waals surface area contributed by atoms with Gasteiger partial charge in [0, 0.05) is 41.7 Å². The molecule has 8 heteroatoms. The highest BCUT2D eigenvalue weighted by atomic mass is 16.5. The molecule has 0 unspecified atom stereocenters. The summed E-state index contributed by atoms with van der Waals surface area (Å²) in [4.78, 5) is 25.0. The lowest BCUT2D eigenvalue weighted by atomic mass is 10.1. The molecule has 0 aliphatic heterocycles. The Bertz CT molecular complexity index is 1630. The first kappa shape index (κ1) is 25.3.